The Labute approximate surface area is 120 Å². The van der Waals surface area contributed by atoms with Gasteiger partial charge in [0, 0.05) is 6.04 Å². The smallest absolute Gasteiger partial charge is 0.241 e. The maximum Gasteiger partial charge on any atom is 0.241 e. The van der Waals surface area contributed by atoms with Gasteiger partial charge in [0.1, 0.15) is 5.75 Å². The van der Waals surface area contributed by atoms with E-state index in [-0.39, 0.29) is 12.0 Å². The van der Waals surface area contributed by atoms with Gasteiger partial charge in [0.2, 0.25) is 10.0 Å². The first-order valence-electron chi connectivity index (χ1n) is 6.81. The lowest BCUT2D eigenvalue weighted by Crippen LogP contribution is -2.48. The zero-order valence-corrected chi connectivity index (χ0v) is 13.0. The van der Waals surface area contributed by atoms with E-state index in [4.69, 9.17) is 4.74 Å². The topological polar surface area (TPSA) is 67.4 Å². The lowest BCUT2D eigenvalue weighted by atomic mass is 9.97. The molecule has 112 valence electrons. The lowest BCUT2D eigenvalue weighted by Gasteiger charge is -2.30. The molecular formula is C14H22N2O3S. The number of aryl methyl sites for hydroxylation is 1. The summed E-state index contributed by atoms with van der Waals surface area (Å²) < 4.78 is 32.9. The van der Waals surface area contributed by atoms with Crippen LogP contribution in [0.2, 0.25) is 0 Å². The van der Waals surface area contributed by atoms with Gasteiger partial charge in [-0.3, -0.25) is 0 Å². The molecule has 1 aromatic carbocycles. The van der Waals surface area contributed by atoms with E-state index in [9.17, 15) is 8.42 Å². The fourth-order valence-electron chi connectivity index (χ4n) is 2.50. The number of piperidine rings is 1. The first-order chi connectivity index (χ1) is 9.44. The van der Waals surface area contributed by atoms with Crippen LogP contribution in [0.3, 0.4) is 0 Å². The molecule has 6 heteroatoms. The van der Waals surface area contributed by atoms with Crippen molar-refractivity contribution in [2.75, 3.05) is 20.2 Å². The number of sulfonamides is 1. The van der Waals surface area contributed by atoms with Crippen molar-refractivity contribution >= 4 is 10.0 Å². The summed E-state index contributed by atoms with van der Waals surface area (Å²) in [4.78, 5) is 0.323. The summed E-state index contributed by atoms with van der Waals surface area (Å²) in [5.74, 6) is 0.953. The van der Waals surface area contributed by atoms with Crippen molar-refractivity contribution < 1.29 is 13.2 Å². The minimum atomic E-state index is -3.48. The van der Waals surface area contributed by atoms with Gasteiger partial charge >= 0.3 is 0 Å². The van der Waals surface area contributed by atoms with Crippen LogP contribution in [0.1, 0.15) is 18.9 Å². The Morgan fingerprint density at radius 2 is 2.15 bits per heavy atom. The fourth-order valence-corrected chi connectivity index (χ4v) is 4.11. The Kier molecular flexibility index (Phi) is 4.67. The van der Waals surface area contributed by atoms with E-state index in [2.05, 4.69) is 17.0 Å². The molecule has 1 saturated heterocycles. The van der Waals surface area contributed by atoms with Crippen LogP contribution in [0.5, 0.6) is 5.75 Å². The molecule has 0 amide bonds. The average molecular weight is 298 g/mol. The Bertz CT molecular complexity index is 572. The summed E-state index contributed by atoms with van der Waals surface area (Å²) in [7, 11) is -1.91. The van der Waals surface area contributed by atoms with E-state index in [1.54, 1.807) is 32.2 Å². The van der Waals surface area contributed by atoms with E-state index in [0.29, 0.717) is 16.2 Å². The van der Waals surface area contributed by atoms with Gasteiger partial charge < -0.3 is 10.1 Å². The van der Waals surface area contributed by atoms with Gasteiger partial charge in [-0.25, -0.2) is 13.1 Å². The quantitative estimate of drug-likeness (QED) is 0.879. The van der Waals surface area contributed by atoms with Crippen LogP contribution in [0.15, 0.2) is 23.1 Å². The molecule has 0 spiro atoms. The van der Waals surface area contributed by atoms with Crippen LogP contribution in [0.25, 0.3) is 0 Å². The summed E-state index contributed by atoms with van der Waals surface area (Å²) in [6.07, 6.45) is 0.815. The predicted octanol–water partition coefficient (Wildman–Crippen LogP) is 1.28. The molecule has 1 heterocycles. The number of nitrogens with one attached hydrogen (secondary N) is 2. The highest BCUT2D eigenvalue weighted by molar-refractivity contribution is 7.89. The number of rotatable bonds is 4. The van der Waals surface area contributed by atoms with E-state index < -0.39 is 10.0 Å². The molecule has 1 fully saturated rings. The van der Waals surface area contributed by atoms with Crippen molar-refractivity contribution in [1.82, 2.24) is 10.0 Å². The Balaban J connectivity index is 2.21. The van der Waals surface area contributed by atoms with Gasteiger partial charge in [-0.05, 0) is 56.1 Å². The molecule has 0 aromatic heterocycles. The zero-order chi connectivity index (χ0) is 14.8. The SMILES string of the molecule is COc1ccc(S(=O)(=O)NC2CCNCC2C)c(C)c1. The molecule has 0 radical (unpaired) electrons. The van der Waals surface area contributed by atoms with Crippen molar-refractivity contribution in [3.05, 3.63) is 23.8 Å². The molecule has 5 nitrogen and oxygen atoms in total. The lowest BCUT2D eigenvalue weighted by molar-refractivity contribution is 0.328. The van der Waals surface area contributed by atoms with Crippen molar-refractivity contribution in [3.8, 4) is 5.75 Å². The molecule has 1 aliphatic heterocycles. The molecule has 0 bridgehead atoms. The number of methoxy groups -OCH3 is 1. The third kappa shape index (κ3) is 3.31. The van der Waals surface area contributed by atoms with E-state index in [0.717, 1.165) is 19.5 Å². The summed E-state index contributed by atoms with van der Waals surface area (Å²) in [6.45, 7) is 5.52. The maximum atomic E-state index is 12.5. The zero-order valence-electron chi connectivity index (χ0n) is 12.1. The van der Waals surface area contributed by atoms with Gasteiger partial charge in [-0.2, -0.15) is 0 Å². The third-order valence-corrected chi connectivity index (χ3v) is 5.41. The summed E-state index contributed by atoms with van der Waals surface area (Å²) in [5.41, 5.74) is 0.693. The second-order valence-corrected chi connectivity index (χ2v) is 7.01. The minimum absolute atomic E-state index is 0.0113. The van der Waals surface area contributed by atoms with Crippen LogP contribution in [-0.2, 0) is 10.0 Å². The van der Waals surface area contributed by atoms with E-state index in [1.165, 1.54) is 0 Å². The summed E-state index contributed by atoms with van der Waals surface area (Å²) in [6, 6.07) is 5.00. The second-order valence-electron chi connectivity index (χ2n) is 5.33. The third-order valence-electron chi connectivity index (χ3n) is 3.76. The van der Waals surface area contributed by atoms with E-state index >= 15 is 0 Å². The van der Waals surface area contributed by atoms with Crippen LogP contribution in [0, 0.1) is 12.8 Å². The molecule has 1 aromatic rings. The molecule has 0 saturated carbocycles. The first-order valence-corrected chi connectivity index (χ1v) is 8.30. The minimum Gasteiger partial charge on any atom is -0.497 e. The molecule has 2 N–H and O–H groups in total. The van der Waals surface area contributed by atoms with Crippen molar-refractivity contribution in [3.63, 3.8) is 0 Å². The summed E-state index contributed by atoms with van der Waals surface area (Å²) >= 11 is 0. The molecule has 2 unspecified atom stereocenters. The fraction of sp³-hybridized carbons (Fsp3) is 0.571. The largest absolute Gasteiger partial charge is 0.497 e. The van der Waals surface area contributed by atoms with E-state index in [1.807, 2.05) is 0 Å². The summed E-state index contributed by atoms with van der Waals surface area (Å²) in [5, 5.41) is 3.27. The van der Waals surface area contributed by atoms with Crippen molar-refractivity contribution in [2.45, 2.75) is 31.2 Å². The van der Waals surface area contributed by atoms with Crippen molar-refractivity contribution in [2.24, 2.45) is 5.92 Å². The Morgan fingerprint density at radius 1 is 1.40 bits per heavy atom. The first kappa shape index (κ1) is 15.3. The molecule has 0 aliphatic carbocycles. The maximum absolute atomic E-state index is 12.5. The Hall–Kier alpha value is -1.11. The number of hydrogen-bond acceptors (Lipinski definition) is 4. The van der Waals surface area contributed by atoms with Gasteiger partial charge in [-0.1, -0.05) is 6.92 Å². The normalized spacial score (nSPS) is 23.6. The highest BCUT2D eigenvalue weighted by atomic mass is 32.2. The molecule has 20 heavy (non-hydrogen) atoms. The van der Waals surface area contributed by atoms with Gasteiger partial charge in [0.05, 0.1) is 12.0 Å². The van der Waals surface area contributed by atoms with Crippen LogP contribution < -0.4 is 14.8 Å². The van der Waals surface area contributed by atoms with Crippen molar-refractivity contribution in [1.29, 1.82) is 0 Å². The highest BCUT2D eigenvalue weighted by Crippen LogP contribution is 2.22. The number of ether oxygens (including phenoxy) is 1. The monoisotopic (exact) mass is 298 g/mol. The van der Waals surface area contributed by atoms with Gasteiger partial charge in [0.25, 0.3) is 0 Å². The average Bonchev–Trinajstić information content (AvgIpc) is 2.40. The van der Waals surface area contributed by atoms with Gasteiger partial charge in [-0.15, -0.1) is 0 Å². The molecule has 2 atom stereocenters. The molecule has 1 aliphatic rings. The second kappa shape index (κ2) is 6.11. The number of benzene rings is 1. The Morgan fingerprint density at radius 3 is 2.75 bits per heavy atom. The van der Waals surface area contributed by atoms with Crippen LogP contribution >= 0.6 is 0 Å². The van der Waals surface area contributed by atoms with Crippen LogP contribution in [-0.4, -0.2) is 34.7 Å². The number of hydrogen-bond donors (Lipinski definition) is 2. The van der Waals surface area contributed by atoms with Gasteiger partial charge in [0.15, 0.2) is 0 Å². The highest BCUT2D eigenvalue weighted by Gasteiger charge is 2.27. The molecule has 2 rings (SSSR count). The molecular weight excluding hydrogens is 276 g/mol. The van der Waals surface area contributed by atoms with Crippen LogP contribution in [0.4, 0.5) is 0 Å². The standard InChI is InChI=1S/C14H22N2O3S/c1-10-8-12(19-3)4-5-14(10)20(17,18)16-13-6-7-15-9-11(13)2/h4-5,8,11,13,15-16H,6-7,9H2,1-3H3. The predicted molar refractivity (Wildman–Crippen MR) is 78.5 cm³/mol.